The number of likely N-dealkylation sites (tertiary alicyclic amines) is 1. The summed E-state index contributed by atoms with van der Waals surface area (Å²) in [5, 5.41) is 20.5. The highest BCUT2D eigenvalue weighted by molar-refractivity contribution is 5.97. The fourth-order valence-electron chi connectivity index (χ4n) is 2.36. The molecule has 134 valence electrons. The largest absolute Gasteiger partial charge is 0.466 e. The number of carbonyl (C=O) groups is 2. The van der Waals surface area contributed by atoms with Crippen LogP contribution < -0.4 is 5.32 Å². The summed E-state index contributed by atoms with van der Waals surface area (Å²) in [5.41, 5.74) is 0.0201. The van der Waals surface area contributed by atoms with Crippen molar-refractivity contribution in [2.75, 3.05) is 46.1 Å². The van der Waals surface area contributed by atoms with E-state index in [0.717, 1.165) is 0 Å². The molecule has 0 spiro atoms. The Kier molecular flexibility index (Phi) is 9.49. The van der Waals surface area contributed by atoms with Gasteiger partial charge >= 0.3 is 5.97 Å². The van der Waals surface area contributed by atoms with E-state index >= 15 is 0 Å². The summed E-state index contributed by atoms with van der Waals surface area (Å²) < 4.78 is 10.1. The average Bonchev–Trinajstić information content (AvgIpc) is 2.61. The van der Waals surface area contributed by atoms with Gasteiger partial charge in [-0.05, 0) is 19.8 Å². The molecular weight excluding hydrogens is 314 g/mol. The Morgan fingerprint density at radius 3 is 2.67 bits per heavy atom. The molecule has 0 saturated carbocycles. The van der Waals surface area contributed by atoms with Gasteiger partial charge in [0.2, 0.25) is 0 Å². The maximum atomic E-state index is 12.3. The molecule has 1 aliphatic rings. The van der Waals surface area contributed by atoms with Crippen molar-refractivity contribution in [2.45, 2.75) is 19.8 Å². The normalized spacial score (nSPS) is 15.7. The number of esters is 1. The average molecular weight is 339 g/mol. The number of aliphatic hydroxyl groups is 1. The first-order valence-corrected chi connectivity index (χ1v) is 8.12. The van der Waals surface area contributed by atoms with Gasteiger partial charge in [-0.25, -0.2) is 0 Å². The Morgan fingerprint density at radius 1 is 1.38 bits per heavy atom. The lowest BCUT2D eigenvalue weighted by Crippen LogP contribution is -2.41. The zero-order valence-electron chi connectivity index (χ0n) is 14.0. The first-order valence-electron chi connectivity index (χ1n) is 8.12. The highest BCUT2D eigenvalue weighted by Crippen LogP contribution is 2.19. The molecule has 8 nitrogen and oxygen atoms in total. The van der Waals surface area contributed by atoms with Crippen molar-refractivity contribution in [3.05, 3.63) is 11.8 Å². The van der Waals surface area contributed by atoms with E-state index in [1.807, 2.05) is 6.07 Å². The van der Waals surface area contributed by atoms with E-state index in [0.29, 0.717) is 45.7 Å². The Bertz CT molecular complexity index is 479. The zero-order valence-corrected chi connectivity index (χ0v) is 14.0. The second-order valence-corrected chi connectivity index (χ2v) is 5.28. The van der Waals surface area contributed by atoms with Crippen molar-refractivity contribution in [3.63, 3.8) is 0 Å². The summed E-state index contributed by atoms with van der Waals surface area (Å²) in [6, 6.07) is 1.89. The first kappa shape index (κ1) is 19.9. The van der Waals surface area contributed by atoms with Crippen LogP contribution in [0, 0.1) is 17.2 Å². The second-order valence-electron chi connectivity index (χ2n) is 5.28. The maximum Gasteiger partial charge on any atom is 0.309 e. The molecule has 0 atom stereocenters. The highest BCUT2D eigenvalue weighted by atomic mass is 16.5. The number of nitrogens with one attached hydrogen (secondary N) is 1. The van der Waals surface area contributed by atoms with E-state index < -0.39 is 0 Å². The monoisotopic (exact) mass is 339 g/mol. The van der Waals surface area contributed by atoms with E-state index in [2.05, 4.69) is 5.32 Å². The maximum absolute atomic E-state index is 12.3. The van der Waals surface area contributed by atoms with Gasteiger partial charge in [-0.2, -0.15) is 5.26 Å². The number of rotatable bonds is 9. The summed E-state index contributed by atoms with van der Waals surface area (Å²) >= 11 is 0. The fraction of sp³-hybridized carbons (Fsp3) is 0.688. The van der Waals surface area contributed by atoms with Gasteiger partial charge in [-0.3, -0.25) is 9.59 Å². The summed E-state index contributed by atoms with van der Waals surface area (Å²) in [6.45, 7) is 4.00. The van der Waals surface area contributed by atoms with Crippen LogP contribution in [0.3, 0.4) is 0 Å². The Labute approximate surface area is 142 Å². The van der Waals surface area contributed by atoms with Crippen LogP contribution in [-0.2, 0) is 19.1 Å². The number of amides is 1. The smallest absolute Gasteiger partial charge is 0.309 e. The van der Waals surface area contributed by atoms with Crippen molar-refractivity contribution in [1.82, 2.24) is 10.2 Å². The van der Waals surface area contributed by atoms with Crippen LogP contribution in [0.15, 0.2) is 11.8 Å². The molecule has 2 N–H and O–H groups in total. The molecule has 0 aromatic carbocycles. The molecule has 1 heterocycles. The SMILES string of the molecule is CCOC(=O)C1CCN(C(=O)/C(C#N)=C\NCCOCCO)CC1. The molecule has 1 fully saturated rings. The summed E-state index contributed by atoms with van der Waals surface area (Å²) in [4.78, 5) is 25.6. The summed E-state index contributed by atoms with van der Waals surface area (Å²) in [5.74, 6) is -0.737. The zero-order chi connectivity index (χ0) is 17.8. The van der Waals surface area contributed by atoms with Crippen molar-refractivity contribution in [3.8, 4) is 6.07 Å². The van der Waals surface area contributed by atoms with E-state index in [1.54, 1.807) is 11.8 Å². The van der Waals surface area contributed by atoms with Crippen LogP contribution in [0.2, 0.25) is 0 Å². The minimum atomic E-state index is -0.344. The molecule has 0 aliphatic carbocycles. The molecule has 1 rings (SSSR count). The Balaban J connectivity index is 2.41. The van der Waals surface area contributed by atoms with Crippen LogP contribution in [0.4, 0.5) is 0 Å². The van der Waals surface area contributed by atoms with Crippen molar-refractivity contribution in [2.24, 2.45) is 5.92 Å². The molecule has 8 heteroatoms. The predicted molar refractivity (Wildman–Crippen MR) is 85.5 cm³/mol. The first-order chi connectivity index (χ1) is 11.6. The van der Waals surface area contributed by atoms with Crippen LogP contribution in [0.1, 0.15) is 19.8 Å². The molecular formula is C16H25N3O5. The Morgan fingerprint density at radius 2 is 2.08 bits per heavy atom. The third kappa shape index (κ3) is 6.56. The molecule has 1 saturated heterocycles. The second kappa shape index (κ2) is 11.4. The summed E-state index contributed by atoms with van der Waals surface area (Å²) in [7, 11) is 0. The number of aliphatic hydroxyl groups excluding tert-OH is 1. The molecule has 1 amide bonds. The molecule has 0 radical (unpaired) electrons. The third-order valence-electron chi connectivity index (χ3n) is 3.63. The van der Waals surface area contributed by atoms with E-state index in [1.165, 1.54) is 6.20 Å². The van der Waals surface area contributed by atoms with Crippen molar-refractivity contribution < 1.29 is 24.2 Å². The van der Waals surface area contributed by atoms with Gasteiger partial charge < -0.3 is 24.8 Å². The van der Waals surface area contributed by atoms with Gasteiger partial charge in [-0.15, -0.1) is 0 Å². The lowest BCUT2D eigenvalue weighted by atomic mass is 9.96. The number of ether oxygens (including phenoxy) is 2. The molecule has 0 unspecified atom stereocenters. The van der Waals surface area contributed by atoms with Gasteiger partial charge in [-0.1, -0.05) is 0 Å². The quantitative estimate of drug-likeness (QED) is 0.259. The highest BCUT2D eigenvalue weighted by Gasteiger charge is 2.29. The fourth-order valence-corrected chi connectivity index (χ4v) is 2.36. The van der Waals surface area contributed by atoms with Crippen LogP contribution in [-0.4, -0.2) is 67.9 Å². The minimum absolute atomic E-state index is 0.0201. The lowest BCUT2D eigenvalue weighted by molar-refractivity contribution is -0.150. The topological polar surface area (TPSA) is 112 Å². The van der Waals surface area contributed by atoms with Gasteiger partial charge in [0.1, 0.15) is 11.6 Å². The minimum Gasteiger partial charge on any atom is -0.466 e. The van der Waals surface area contributed by atoms with Crippen LogP contribution in [0.25, 0.3) is 0 Å². The van der Waals surface area contributed by atoms with Crippen molar-refractivity contribution >= 4 is 11.9 Å². The number of carbonyl (C=O) groups excluding carboxylic acids is 2. The van der Waals surface area contributed by atoms with E-state index in [4.69, 9.17) is 19.8 Å². The predicted octanol–water partition coefficient (Wildman–Crippen LogP) is -0.206. The number of piperidine rings is 1. The van der Waals surface area contributed by atoms with Gasteiger partial charge in [0.05, 0.1) is 32.3 Å². The third-order valence-corrected chi connectivity index (χ3v) is 3.63. The molecule has 0 aromatic rings. The van der Waals surface area contributed by atoms with Gasteiger partial charge in [0.25, 0.3) is 5.91 Å². The Hall–Kier alpha value is -2.11. The van der Waals surface area contributed by atoms with Crippen LogP contribution in [0.5, 0.6) is 0 Å². The molecule has 1 aliphatic heterocycles. The van der Waals surface area contributed by atoms with Gasteiger partial charge in [0.15, 0.2) is 0 Å². The standard InChI is InChI=1S/C16H25N3O5/c1-2-24-16(22)13-3-6-19(7-4-13)15(21)14(11-17)12-18-5-9-23-10-8-20/h12-13,18,20H,2-10H2,1H3/b14-12-. The summed E-state index contributed by atoms with van der Waals surface area (Å²) in [6.07, 6.45) is 2.47. The number of nitriles is 1. The molecule has 0 bridgehead atoms. The number of nitrogens with zero attached hydrogens (tertiary/aromatic N) is 2. The number of hydrogen-bond acceptors (Lipinski definition) is 7. The van der Waals surface area contributed by atoms with Crippen molar-refractivity contribution in [1.29, 1.82) is 5.26 Å². The number of hydrogen-bond donors (Lipinski definition) is 2. The van der Waals surface area contributed by atoms with E-state index in [-0.39, 0.29) is 36.6 Å². The molecule has 24 heavy (non-hydrogen) atoms. The van der Waals surface area contributed by atoms with E-state index in [9.17, 15) is 9.59 Å². The van der Waals surface area contributed by atoms with Gasteiger partial charge in [0, 0.05) is 25.8 Å². The lowest BCUT2D eigenvalue weighted by Gasteiger charge is -2.30. The van der Waals surface area contributed by atoms with Crippen LogP contribution >= 0.6 is 0 Å². The molecule has 0 aromatic heterocycles.